The first-order valence-corrected chi connectivity index (χ1v) is 6.25. The summed E-state index contributed by atoms with van der Waals surface area (Å²) in [6.07, 6.45) is 1.20. The SMILES string of the molecule is CNc1nc(C)c([N+](=O)[O-])c(NCC2CCC(=O)N2)n1. The number of carbonyl (C=O) groups is 1. The minimum atomic E-state index is -0.510. The Labute approximate surface area is 115 Å². The molecule has 0 aromatic carbocycles. The Morgan fingerprint density at radius 2 is 2.25 bits per heavy atom. The Kier molecular flexibility index (Phi) is 3.97. The molecule has 1 atom stereocenters. The Balaban J connectivity index is 2.18. The molecule has 1 fully saturated rings. The topological polar surface area (TPSA) is 122 Å². The van der Waals surface area contributed by atoms with Crippen LogP contribution in [0.1, 0.15) is 18.5 Å². The predicted octanol–water partition coefficient (Wildman–Crippen LogP) is 0.425. The molecule has 1 saturated heterocycles. The summed E-state index contributed by atoms with van der Waals surface area (Å²) in [6.45, 7) is 1.95. The Morgan fingerprint density at radius 3 is 2.80 bits per heavy atom. The minimum absolute atomic E-state index is 0.00100. The van der Waals surface area contributed by atoms with Crippen LogP contribution in [0.2, 0.25) is 0 Å². The van der Waals surface area contributed by atoms with Gasteiger partial charge in [0.05, 0.1) is 4.92 Å². The lowest BCUT2D eigenvalue weighted by Crippen LogP contribution is -2.32. The van der Waals surface area contributed by atoms with Crippen molar-refractivity contribution in [3.63, 3.8) is 0 Å². The molecule has 108 valence electrons. The van der Waals surface area contributed by atoms with Gasteiger partial charge in [-0.1, -0.05) is 0 Å². The van der Waals surface area contributed by atoms with Crippen molar-refractivity contribution in [1.29, 1.82) is 0 Å². The normalized spacial score (nSPS) is 17.7. The molecule has 2 rings (SSSR count). The van der Waals surface area contributed by atoms with E-state index in [4.69, 9.17) is 0 Å². The molecule has 1 aliphatic heterocycles. The predicted molar refractivity (Wildman–Crippen MR) is 72.6 cm³/mol. The first-order chi connectivity index (χ1) is 9.51. The number of nitrogens with zero attached hydrogens (tertiary/aromatic N) is 3. The summed E-state index contributed by atoms with van der Waals surface area (Å²) in [5.74, 6) is 0.472. The van der Waals surface area contributed by atoms with Gasteiger partial charge in [-0.05, 0) is 13.3 Å². The summed E-state index contributed by atoms with van der Waals surface area (Å²) in [4.78, 5) is 29.7. The zero-order chi connectivity index (χ0) is 14.7. The van der Waals surface area contributed by atoms with Crippen LogP contribution in [-0.4, -0.2) is 40.4 Å². The van der Waals surface area contributed by atoms with Gasteiger partial charge < -0.3 is 16.0 Å². The second-order valence-corrected chi connectivity index (χ2v) is 4.52. The van der Waals surface area contributed by atoms with Gasteiger partial charge in [0, 0.05) is 26.1 Å². The molecule has 1 aromatic heterocycles. The third kappa shape index (κ3) is 2.92. The lowest BCUT2D eigenvalue weighted by Gasteiger charge is -2.13. The van der Waals surface area contributed by atoms with E-state index >= 15 is 0 Å². The highest BCUT2D eigenvalue weighted by atomic mass is 16.6. The molecule has 1 amide bonds. The average Bonchev–Trinajstić information content (AvgIpc) is 2.81. The van der Waals surface area contributed by atoms with Crippen molar-refractivity contribution in [1.82, 2.24) is 15.3 Å². The van der Waals surface area contributed by atoms with Crippen LogP contribution in [0.5, 0.6) is 0 Å². The molecule has 9 heteroatoms. The number of nitro groups is 1. The minimum Gasteiger partial charge on any atom is -0.362 e. The monoisotopic (exact) mass is 280 g/mol. The van der Waals surface area contributed by atoms with Gasteiger partial charge in [0.1, 0.15) is 5.69 Å². The molecule has 1 aromatic rings. The molecule has 9 nitrogen and oxygen atoms in total. The number of anilines is 2. The van der Waals surface area contributed by atoms with Crippen molar-refractivity contribution in [3.05, 3.63) is 15.8 Å². The van der Waals surface area contributed by atoms with Crippen LogP contribution < -0.4 is 16.0 Å². The van der Waals surface area contributed by atoms with E-state index in [-0.39, 0.29) is 29.1 Å². The number of nitrogens with one attached hydrogen (secondary N) is 3. The van der Waals surface area contributed by atoms with Crippen LogP contribution in [-0.2, 0) is 4.79 Å². The average molecular weight is 280 g/mol. The molecule has 1 unspecified atom stereocenters. The smallest absolute Gasteiger partial charge is 0.332 e. The maximum atomic E-state index is 11.1. The van der Waals surface area contributed by atoms with E-state index in [2.05, 4.69) is 25.9 Å². The highest BCUT2D eigenvalue weighted by Crippen LogP contribution is 2.26. The quantitative estimate of drug-likeness (QED) is 0.528. The molecular formula is C11H16N6O3. The second kappa shape index (κ2) is 5.68. The van der Waals surface area contributed by atoms with Crippen LogP contribution in [0.3, 0.4) is 0 Å². The van der Waals surface area contributed by atoms with Crippen LogP contribution in [0, 0.1) is 17.0 Å². The van der Waals surface area contributed by atoms with Crippen LogP contribution in [0.25, 0.3) is 0 Å². The van der Waals surface area contributed by atoms with E-state index in [1.807, 2.05) is 0 Å². The molecule has 0 radical (unpaired) electrons. The largest absolute Gasteiger partial charge is 0.362 e. The van der Waals surface area contributed by atoms with E-state index in [0.29, 0.717) is 25.3 Å². The number of aromatic nitrogens is 2. The summed E-state index contributed by atoms with van der Waals surface area (Å²) in [7, 11) is 1.64. The molecule has 2 heterocycles. The maximum Gasteiger partial charge on any atom is 0.332 e. The summed E-state index contributed by atoms with van der Waals surface area (Å²) in [5, 5.41) is 19.6. The molecule has 0 spiro atoms. The van der Waals surface area contributed by atoms with Gasteiger partial charge in [-0.25, -0.2) is 4.98 Å². The van der Waals surface area contributed by atoms with Gasteiger partial charge in [-0.3, -0.25) is 14.9 Å². The Hall–Kier alpha value is -2.45. The molecule has 0 aliphatic carbocycles. The number of carbonyl (C=O) groups excluding carboxylic acids is 1. The summed E-state index contributed by atoms with van der Waals surface area (Å²) >= 11 is 0. The van der Waals surface area contributed by atoms with Crippen molar-refractivity contribution in [3.8, 4) is 0 Å². The first-order valence-electron chi connectivity index (χ1n) is 6.25. The fourth-order valence-corrected chi connectivity index (χ4v) is 2.07. The van der Waals surface area contributed by atoms with Crippen molar-refractivity contribution >= 4 is 23.4 Å². The molecule has 1 aliphatic rings. The molecule has 3 N–H and O–H groups in total. The number of aryl methyl sites for hydroxylation is 1. The summed E-state index contributed by atoms with van der Waals surface area (Å²) < 4.78 is 0. The molecule has 20 heavy (non-hydrogen) atoms. The fraction of sp³-hybridized carbons (Fsp3) is 0.545. The van der Waals surface area contributed by atoms with E-state index in [9.17, 15) is 14.9 Å². The van der Waals surface area contributed by atoms with Crippen LogP contribution in [0.15, 0.2) is 0 Å². The van der Waals surface area contributed by atoms with E-state index < -0.39 is 4.92 Å². The number of hydrogen-bond acceptors (Lipinski definition) is 7. The lowest BCUT2D eigenvalue weighted by molar-refractivity contribution is -0.385. The van der Waals surface area contributed by atoms with E-state index in [0.717, 1.165) is 0 Å². The van der Waals surface area contributed by atoms with Gasteiger partial charge >= 0.3 is 5.69 Å². The third-order valence-corrected chi connectivity index (χ3v) is 3.07. The van der Waals surface area contributed by atoms with Crippen molar-refractivity contribution in [2.45, 2.75) is 25.8 Å². The molecule has 0 saturated carbocycles. The highest BCUT2D eigenvalue weighted by molar-refractivity contribution is 5.78. The van der Waals surface area contributed by atoms with Gasteiger partial charge in [0.2, 0.25) is 17.7 Å². The van der Waals surface area contributed by atoms with Crippen molar-refractivity contribution in [2.24, 2.45) is 0 Å². The number of hydrogen-bond donors (Lipinski definition) is 3. The third-order valence-electron chi connectivity index (χ3n) is 3.07. The number of amides is 1. The van der Waals surface area contributed by atoms with Gasteiger partial charge in [-0.2, -0.15) is 4.98 Å². The van der Waals surface area contributed by atoms with Crippen LogP contribution >= 0.6 is 0 Å². The van der Waals surface area contributed by atoms with Gasteiger partial charge in [-0.15, -0.1) is 0 Å². The number of rotatable bonds is 5. The standard InChI is InChI=1S/C11H16N6O3/c1-6-9(17(19)20)10(16-11(12-2)14-6)13-5-7-3-4-8(18)15-7/h7H,3-5H2,1-2H3,(H,15,18)(H2,12,13,14,16). The molecular weight excluding hydrogens is 264 g/mol. The Morgan fingerprint density at radius 1 is 1.50 bits per heavy atom. The lowest BCUT2D eigenvalue weighted by atomic mass is 10.2. The zero-order valence-corrected chi connectivity index (χ0v) is 11.3. The maximum absolute atomic E-state index is 11.1. The van der Waals surface area contributed by atoms with E-state index in [1.54, 1.807) is 14.0 Å². The zero-order valence-electron chi connectivity index (χ0n) is 11.3. The summed E-state index contributed by atoms with van der Waals surface area (Å²) in [6, 6.07) is -0.0320. The Bertz CT molecular complexity index is 547. The summed E-state index contributed by atoms with van der Waals surface area (Å²) in [5.41, 5.74) is 0.139. The molecule has 0 bridgehead atoms. The fourth-order valence-electron chi connectivity index (χ4n) is 2.07. The second-order valence-electron chi connectivity index (χ2n) is 4.52. The van der Waals surface area contributed by atoms with Crippen LogP contribution in [0.4, 0.5) is 17.5 Å². The highest BCUT2D eigenvalue weighted by Gasteiger charge is 2.25. The van der Waals surface area contributed by atoms with Crippen molar-refractivity contribution < 1.29 is 9.72 Å². The van der Waals surface area contributed by atoms with Crippen molar-refractivity contribution in [2.75, 3.05) is 24.2 Å². The first kappa shape index (κ1) is 14.0. The van der Waals surface area contributed by atoms with Gasteiger partial charge in [0.25, 0.3) is 0 Å². The van der Waals surface area contributed by atoms with Gasteiger partial charge in [0.15, 0.2) is 0 Å². The van der Waals surface area contributed by atoms with E-state index in [1.165, 1.54) is 0 Å².